The van der Waals surface area contributed by atoms with Gasteiger partial charge in [0, 0.05) is 25.0 Å². The standard InChI is InChI=1S/C13H24N2O/c1-10-8-15(9-11(10)2)12(16)7-13(14)5-3-4-6-13/h10-11H,3-9,14H2,1-2H3. The van der Waals surface area contributed by atoms with E-state index in [1.165, 1.54) is 12.8 Å². The van der Waals surface area contributed by atoms with Crippen LogP contribution in [0.4, 0.5) is 0 Å². The molecule has 2 atom stereocenters. The lowest BCUT2D eigenvalue weighted by Crippen LogP contribution is -2.43. The van der Waals surface area contributed by atoms with Gasteiger partial charge in [-0.05, 0) is 24.7 Å². The Bertz CT molecular complexity index is 261. The monoisotopic (exact) mass is 224 g/mol. The molecule has 2 rings (SSSR count). The van der Waals surface area contributed by atoms with E-state index in [0.29, 0.717) is 18.3 Å². The van der Waals surface area contributed by atoms with Crippen LogP contribution >= 0.6 is 0 Å². The maximum atomic E-state index is 12.1. The Morgan fingerprint density at radius 1 is 1.25 bits per heavy atom. The van der Waals surface area contributed by atoms with Gasteiger partial charge in [-0.1, -0.05) is 26.7 Å². The van der Waals surface area contributed by atoms with Crippen molar-refractivity contribution in [2.45, 2.75) is 51.5 Å². The third-order valence-electron chi connectivity index (χ3n) is 4.44. The summed E-state index contributed by atoms with van der Waals surface area (Å²) in [6, 6.07) is 0. The molecule has 1 heterocycles. The smallest absolute Gasteiger partial charge is 0.224 e. The summed E-state index contributed by atoms with van der Waals surface area (Å²) in [5.41, 5.74) is 6.06. The third kappa shape index (κ3) is 2.40. The zero-order chi connectivity index (χ0) is 11.8. The topological polar surface area (TPSA) is 46.3 Å². The molecule has 2 fully saturated rings. The molecule has 1 saturated carbocycles. The second kappa shape index (κ2) is 4.36. The van der Waals surface area contributed by atoms with E-state index in [1.54, 1.807) is 0 Å². The van der Waals surface area contributed by atoms with Crippen molar-refractivity contribution in [2.24, 2.45) is 17.6 Å². The Kier molecular flexibility index (Phi) is 3.24. The lowest BCUT2D eigenvalue weighted by Gasteiger charge is -2.26. The Morgan fingerprint density at radius 3 is 2.25 bits per heavy atom. The summed E-state index contributed by atoms with van der Waals surface area (Å²) in [5, 5.41) is 0. The van der Waals surface area contributed by atoms with Crippen molar-refractivity contribution in [3.63, 3.8) is 0 Å². The fourth-order valence-electron chi connectivity index (χ4n) is 3.00. The lowest BCUT2D eigenvalue weighted by atomic mass is 9.94. The molecule has 1 amide bonds. The number of carbonyl (C=O) groups excluding carboxylic acids is 1. The van der Waals surface area contributed by atoms with Gasteiger partial charge in [-0.25, -0.2) is 0 Å². The summed E-state index contributed by atoms with van der Waals surface area (Å²) in [7, 11) is 0. The summed E-state index contributed by atoms with van der Waals surface area (Å²) in [6.07, 6.45) is 5.00. The van der Waals surface area contributed by atoms with Crippen LogP contribution in [0.15, 0.2) is 0 Å². The molecule has 92 valence electrons. The molecule has 0 bridgehead atoms. The number of likely N-dealkylation sites (tertiary alicyclic amines) is 1. The number of amides is 1. The van der Waals surface area contributed by atoms with Crippen LogP contribution in [0.2, 0.25) is 0 Å². The summed E-state index contributed by atoms with van der Waals surface area (Å²) in [5.74, 6) is 1.56. The van der Waals surface area contributed by atoms with Gasteiger partial charge in [0.2, 0.25) is 5.91 Å². The van der Waals surface area contributed by atoms with Gasteiger partial charge in [-0.2, -0.15) is 0 Å². The minimum atomic E-state index is -0.188. The van der Waals surface area contributed by atoms with E-state index < -0.39 is 0 Å². The molecule has 0 spiro atoms. The van der Waals surface area contributed by atoms with Gasteiger partial charge in [0.05, 0.1) is 0 Å². The van der Waals surface area contributed by atoms with Gasteiger partial charge in [-0.3, -0.25) is 4.79 Å². The minimum absolute atomic E-state index is 0.188. The highest BCUT2D eigenvalue weighted by Crippen LogP contribution is 2.32. The first-order valence-electron chi connectivity index (χ1n) is 6.57. The summed E-state index contributed by atoms with van der Waals surface area (Å²) in [4.78, 5) is 14.2. The fourth-order valence-corrected chi connectivity index (χ4v) is 3.00. The highest BCUT2D eigenvalue weighted by atomic mass is 16.2. The first-order valence-corrected chi connectivity index (χ1v) is 6.57. The van der Waals surface area contributed by atoms with Crippen LogP contribution in [0.1, 0.15) is 46.0 Å². The third-order valence-corrected chi connectivity index (χ3v) is 4.44. The van der Waals surface area contributed by atoms with Crippen LogP contribution in [0, 0.1) is 11.8 Å². The second-order valence-corrected chi connectivity index (χ2v) is 6.00. The van der Waals surface area contributed by atoms with Crippen LogP contribution < -0.4 is 5.73 Å². The van der Waals surface area contributed by atoms with E-state index in [4.69, 9.17) is 5.73 Å². The fraction of sp³-hybridized carbons (Fsp3) is 0.923. The van der Waals surface area contributed by atoms with Crippen molar-refractivity contribution >= 4 is 5.91 Å². The quantitative estimate of drug-likeness (QED) is 0.777. The molecule has 1 saturated heterocycles. The lowest BCUT2D eigenvalue weighted by molar-refractivity contribution is -0.131. The summed E-state index contributed by atoms with van der Waals surface area (Å²) < 4.78 is 0. The number of nitrogens with two attached hydrogens (primary N) is 1. The second-order valence-electron chi connectivity index (χ2n) is 6.00. The Morgan fingerprint density at radius 2 is 1.75 bits per heavy atom. The first-order chi connectivity index (χ1) is 7.50. The maximum absolute atomic E-state index is 12.1. The highest BCUT2D eigenvalue weighted by molar-refractivity contribution is 5.77. The minimum Gasteiger partial charge on any atom is -0.342 e. The molecule has 1 aliphatic heterocycles. The molecular formula is C13H24N2O. The predicted molar refractivity (Wildman–Crippen MR) is 64.9 cm³/mol. The van der Waals surface area contributed by atoms with Crippen molar-refractivity contribution < 1.29 is 4.79 Å². The van der Waals surface area contributed by atoms with Crippen LogP contribution in [0.25, 0.3) is 0 Å². The number of nitrogens with zero attached hydrogens (tertiary/aromatic N) is 1. The normalized spacial score (nSPS) is 33.3. The van der Waals surface area contributed by atoms with Crippen LogP contribution in [-0.4, -0.2) is 29.4 Å². The van der Waals surface area contributed by atoms with Crippen molar-refractivity contribution in [3.05, 3.63) is 0 Å². The zero-order valence-electron chi connectivity index (χ0n) is 10.5. The Hall–Kier alpha value is -0.570. The number of carbonyl (C=O) groups is 1. The molecule has 2 unspecified atom stereocenters. The average Bonchev–Trinajstić information content (AvgIpc) is 2.75. The molecule has 0 aromatic carbocycles. The van der Waals surface area contributed by atoms with Gasteiger partial charge >= 0.3 is 0 Å². The van der Waals surface area contributed by atoms with Crippen molar-refractivity contribution in [3.8, 4) is 0 Å². The van der Waals surface area contributed by atoms with Gasteiger partial charge < -0.3 is 10.6 Å². The summed E-state index contributed by atoms with van der Waals surface area (Å²) in [6.45, 7) is 6.31. The van der Waals surface area contributed by atoms with E-state index in [2.05, 4.69) is 13.8 Å². The number of rotatable bonds is 2. The van der Waals surface area contributed by atoms with E-state index in [1.807, 2.05) is 4.90 Å². The van der Waals surface area contributed by atoms with Crippen LogP contribution in [-0.2, 0) is 4.79 Å². The van der Waals surface area contributed by atoms with E-state index in [9.17, 15) is 4.79 Å². The SMILES string of the molecule is CC1CN(C(=O)CC2(N)CCCC2)CC1C. The van der Waals surface area contributed by atoms with E-state index in [0.717, 1.165) is 25.9 Å². The molecule has 1 aliphatic carbocycles. The molecule has 3 nitrogen and oxygen atoms in total. The highest BCUT2D eigenvalue weighted by Gasteiger charge is 2.36. The largest absolute Gasteiger partial charge is 0.342 e. The predicted octanol–water partition coefficient (Wildman–Crippen LogP) is 1.76. The zero-order valence-corrected chi connectivity index (χ0v) is 10.5. The van der Waals surface area contributed by atoms with Gasteiger partial charge in [0.25, 0.3) is 0 Å². The average molecular weight is 224 g/mol. The number of hydrogen-bond donors (Lipinski definition) is 1. The van der Waals surface area contributed by atoms with E-state index >= 15 is 0 Å². The molecule has 16 heavy (non-hydrogen) atoms. The molecule has 0 aromatic heterocycles. The van der Waals surface area contributed by atoms with Gasteiger partial charge in [-0.15, -0.1) is 0 Å². The van der Waals surface area contributed by atoms with Crippen molar-refractivity contribution in [1.29, 1.82) is 0 Å². The molecule has 3 heteroatoms. The number of hydrogen-bond acceptors (Lipinski definition) is 2. The van der Waals surface area contributed by atoms with Crippen LogP contribution in [0.5, 0.6) is 0 Å². The molecule has 0 aromatic rings. The molecule has 0 radical (unpaired) electrons. The first kappa shape index (κ1) is 11.9. The van der Waals surface area contributed by atoms with Crippen molar-refractivity contribution in [1.82, 2.24) is 4.90 Å². The van der Waals surface area contributed by atoms with Gasteiger partial charge in [0.1, 0.15) is 0 Å². The van der Waals surface area contributed by atoms with Crippen LogP contribution in [0.3, 0.4) is 0 Å². The Balaban J connectivity index is 1.89. The maximum Gasteiger partial charge on any atom is 0.224 e. The summed E-state index contributed by atoms with van der Waals surface area (Å²) >= 11 is 0. The van der Waals surface area contributed by atoms with E-state index in [-0.39, 0.29) is 11.4 Å². The molecule has 2 aliphatic rings. The van der Waals surface area contributed by atoms with Gasteiger partial charge in [0.15, 0.2) is 0 Å². The molecular weight excluding hydrogens is 200 g/mol. The molecule has 2 N–H and O–H groups in total. The Labute approximate surface area is 98.4 Å². The van der Waals surface area contributed by atoms with Crippen molar-refractivity contribution in [2.75, 3.05) is 13.1 Å².